The van der Waals surface area contributed by atoms with Crippen LogP contribution in [-0.2, 0) is 34.0 Å². The van der Waals surface area contributed by atoms with Crippen LogP contribution in [0.1, 0.15) is 30.4 Å². The minimum atomic E-state index is -2.74. The van der Waals surface area contributed by atoms with Crippen molar-refractivity contribution < 1.29 is 43.6 Å². The molecule has 0 amide bonds. The van der Waals surface area contributed by atoms with Gasteiger partial charge in [-0.05, 0) is 41.8 Å². The number of hydrogen-bond donors (Lipinski definition) is 4. The Hall–Kier alpha value is -4.16. The van der Waals surface area contributed by atoms with Crippen LogP contribution < -0.4 is 0 Å². The average Bonchev–Trinajstić information content (AvgIpc) is 3.33. The van der Waals surface area contributed by atoms with Gasteiger partial charge in [0.05, 0.1) is 19.2 Å². The zero-order valence-electron chi connectivity index (χ0n) is 20.4. The number of aromatic nitrogens is 2. The Morgan fingerprint density at radius 2 is 1.53 bits per heavy atom. The van der Waals surface area contributed by atoms with Gasteiger partial charge >= 0.3 is 17.9 Å². The molecule has 0 aliphatic rings. The summed E-state index contributed by atoms with van der Waals surface area (Å²) in [6.07, 6.45) is 4.17. The molecule has 204 valence electrons. The molecule has 0 saturated heterocycles. The standard InChI is InChI=1S/C20H21F2N3.C6H8O7/c21-19-7-5-17(6-8-19)14-25(11-2-10-24-12-9-23-16-24)15-18-3-1-4-20(22)13-18;7-3(8)1-6(13,5(11)12)2-4(9)10/h1,3-9,12-13,16H,2,10-11,14-15H2;13H,1-2H2,(H,7,8)(H,9,10)(H,11,12). The second-order valence-electron chi connectivity index (χ2n) is 8.60. The number of hydrogen-bond acceptors (Lipinski definition) is 6. The van der Waals surface area contributed by atoms with Gasteiger partial charge in [0.15, 0.2) is 5.60 Å². The molecule has 0 bridgehead atoms. The second-order valence-corrected chi connectivity index (χ2v) is 8.60. The van der Waals surface area contributed by atoms with Crippen LogP contribution >= 0.6 is 0 Å². The minimum Gasteiger partial charge on any atom is -0.481 e. The number of imidazole rings is 1. The van der Waals surface area contributed by atoms with Crippen LogP contribution in [0.5, 0.6) is 0 Å². The molecule has 0 atom stereocenters. The molecule has 0 fully saturated rings. The van der Waals surface area contributed by atoms with E-state index in [2.05, 4.69) is 9.88 Å². The SMILES string of the molecule is Fc1ccc(CN(CCCn2ccnc2)Cc2cccc(F)c2)cc1.O=C(O)CC(O)(CC(=O)O)C(=O)O. The Balaban J connectivity index is 0.000000332. The molecular weight excluding hydrogens is 504 g/mol. The van der Waals surface area contributed by atoms with Gasteiger partial charge in [0.2, 0.25) is 0 Å². The van der Waals surface area contributed by atoms with Crippen LogP contribution in [0, 0.1) is 11.6 Å². The van der Waals surface area contributed by atoms with Crippen molar-refractivity contribution in [1.82, 2.24) is 14.5 Å². The number of rotatable bonds is 13. The monoisotopic (exact) mass is 533 g/mol. The summed E-state index contributed by atoms with van der Waals surface area (Å²) in [5.41, 5.74) is -0.761. The lowest BCUT2D eigenvalue weighted by Gasteiger charge is -2.23. The van der Waals surface area contributed by atoms with E-state index in [1.54, 1.807) is 36.8 Å². The highest BCUT2D eigenvalue weighted by atomic mass is 19.1. The van der Waals surface area contributed by atoms with E-state index in [0.29, 0.717) is 13.1 Å². The zero-order chi connectivity index (χ0) is 28.1. The first kappa shape index (κ1) is 30.1. The van der Waals surface area contributed by atoms with Crippen molar-refractivity contribution in [3.63, 3.8) is 0 Å². The number of aryl methyl sites for hydroxylation is 1. The Kier molecular flexibility index (Phi) is 11.5. The molecule has 0 unspecified atom stereocenters. The summed E-state index contributed by atoms with van der Waals surface area (Å²) in [6, 6.07) is 13.2. The maximum Gasteiger partial charge on any atom is 0.336 e. The van der Waals surface area contributed by atoms with Gasteiger partial charge in [-0.2, -0.15) is 0 Å². The lowest BCUT2D eigenvalue weighted by molar-refractivity contribution is -0.170. The van der Waals surface area contributed by atoms with Crippen LogP contribution in [0.15, 0.2) is 67.3 Å². The number of aliphatic carboxylic acids is 3. The summed E-state index contributed by atoms with van der Waals surface area (Å²) in [5, 5.41) is 33.8. The predicted molar refractivity (Wildman–Crippen MR) is 131 cm³/mol. The van der Waals surface area contributed by atoms with Crippen molar-refractivity contribution in [2.45, 2.75) is 44.5 Å². The van der Waals surface area contributed by atoms with Gasteiger partial charge in [0.1, 0.15) is 11.6 Å². The van der Waals surface area contributed by atoms with Crippen molar-refractivity contribution in [3.8, 4) is 0 Å². The summed E-state index contributed by atoms with van der Waals surface area (Å²) >= 11 is 0. The number of carboxylic acid groups (broad SMARTS) is 3. The quantitative estimate of drug-likeness (QED) is 0.260. The molecule has 38 heavy (non-hydrogen) atoms. The van der Waals surface area contributed by atoms with Crippen molar-refractivity contribution >= 4 is 17.9 Å². The van der Waals surface area contributed by atoms with Crippen LogP contribution in [0.3, 0.4) is 0 Å². The van der Waals surface area contributed by atoms with Gasteiger partial charge in [-0.3, -0.25) is 14.5 Å². The highest BCUT2D eigenvalue weighted by molar-refractivity contribution is 5.88. The lowest BCUT2D eigenvalue weighted by Crippen LogP contribution is -2.42. The summed E-state index contributed by atoms with van der Waals surface area (Å²) in [5.74, 6) is -5.48. The van der Waals surface area contributed by atoms with E-state index in [9.17, 15) is 23.2 Å². The third kappa shape index (κ3) is 10.8. The number of carboxylic acids is 3. The molecule has 0 aliphatic carbocycles. The van der Waals surface area contributed by atoms with E-state index < -0.39 is 36.4 Å². The highest BCUT2D eigenvalue weighted by Crippen LogP contribution is 2.16. The molecule has 3 aromatic rings. The fraction of sp³-hybridized carbons (Fsp3) is 0.308. The first-order chi connectivity index (χ1) is 18.0. The predicted octanol–water partition coefficient (Wildman–Crippen LogP) is 3.01. The Morgan fingerprint density at radius 3 is 2.05 bits per heavy atom. The smallest absolute Gasteiger partial charge is 0.336 e. The molecule has 0 aliphatic heterocycles. The van der Waals surface area contributed by atoms with Gasteiger partial charge in [-0.25, -0.2) is 18.6 Å². The first-order valence-electron chi connectivity index (χ1n) is 11.5. The number of halogens is 2. The summed E-state index contributed by atoms with van der Waals surface area (Å²) in [4.78, 5) is 36.8. The number of nitrogens with zero attached hydrogens (tertiary/aromatic N) is 3. The molecule has 0 spiro atoms. The van der Waals surface area contributed by atoms with Crippen molar-refractivity contribution in [2.24, 2.45) is 0 Å². The van der Waals surface area contributed by atoms with Crippen LogP contribution in [0.2, 0.25) is 0 Å². The van der Waals surface area contributed by atoms with E-state index in [0.717, 1.165) is 30.6 Å². The molecule has 10 nitrogen and oxygen atoms in total. The maximum absolute atomic E-state index is 13.5. The van der Waals surface area contributed by atoms with E-state index >= 15 is 0 Å². The normalized spacial score (nSPS) is 11.1. The molecule has 4 N–H and O–H groups in total. The summed E-state index contributed by atoms with van der Waals surface area (Å²) in [6.45, 7) is 3.08. The first-order valence-corrected chi connectivity index (χ1v) is 11.5. The number of benzene rings is 2. The van der Waals surface area contributed by atoms with E-state index in [4.69, 9.17) is 20.4 Å². The van der Waals surface area contributed by atoms with Gasteiger partial charge in [-0.15, -0.1) is 0 Å². The van der Waals surface area contributed by atoms with Gasteiger partial charge in [0.25, 0.3) is 0 Å². The molecule has 2 aromatic carbocycles. The summed E-state index contributed by atoms with van der Waals surface area (Å²) in [7, 11) is 0. The Labute approximate surface area is 217 Å². The molecular formula is C26H29F2N3O7. The molecule has 0 radical (unpaired) electrons. The summed E-state index contributed by atoms with van der Waals surface area (Å²) < 4.78 is 28.6. The van der Waals surface area contributed by atoms with Gasteiger partial charge < -0.3 is 25.0 Å². The van der Waals surface area contributed by atoms with Crippen LogP contribution in [0.4, 0.5) is 8.78 Å². The van der Waals surface area contributed by atoms with Crippen molar-refractivity contribution in [2.75, 3.05) is 6.54 Å². The van der Waals surface area contributed by atoms with Gasteiger partial charge in [-0.1, -0.05) is 24.3 Å². The molecule has 3 rings (SSSR count). The van der Waals surface area contributed by atoms with E-state index in [-0.39, 0.29) is 11.6 Å². The lowest BCUT2D eigenvalue weighted by atomic mass is 9.96. The Morgan fingerprint density at radius 1 is 0.895 bits per heavy atom. The second kappa shape index (κ2) is 14.5. The average molecular weight is 534 g/mol. The number of aliphatic hydroxyl groups is 1. The van der Waals surface area contributed by atoms with E-state index in [1.165, 1.54) is 18.2 Å². The fourth-order valence-electron chi connectivity index (χ4n) is 3.57. The highest BCUT2D eigenvalue weighted by Gasteiger charge is 2.40. The topological polar surface area (TPSA) is 153 Å². The van der Waals surface area contributed by atoms with E-state index in [1.807, 2.05) is 16.8 Å². The largest absolute Gasteiger partial charge is 0.481 e. The molecule has 1 heterocycles. The van der Waals surface area contributed by atoms with Crippen molar-refractivity contribution in [1.29, 1.82) is 0 Å². The zero-order valence-corrected chi connectivity index (χ0v) is 20.4. The third-order valence-electron chi connectivity index (χ3n) is 5.35. The number of carbonyl (C=O) groups is 3. The third-order valence-corrected chi connectivity index (χ3v) is 5.35. The fourth-order valence-corrected chi connectivity index (χ4v) is 3.57. The van der Waals surface area contributed by atoms with Crippen LogP contribution in [-0.4, -0.2) is 64.9 Å². The van der Waals surface area contributed by atoms with Gasteiger partial charge in [0, 0.05) is 38.6 Å². The maximum atomic E-state index is 13.5. The van der Waals surface area contributed by atoms with Crippen LogP contribution in [0.25, 0.3) is 0 Å². The molecule has 1 aromatic heterocycles. The Bertz CT molecular complexity index is 1170. The molecule has 12 heteroatoms. The van der Waals surface area contributed by atoms with Crippen molar-refractivity contribution in [3.05, 3.63) is 90.0 Å². The molecule has 0 saturated carbocycles. The minimum absolute atomic E-state index is 0.224.